The van der Waals surface area contributed by atoms with Gasteiger partial charge in [-0.3, -0.25) is 4.99 Å². The van der Waals surface area contributed by atoms with Crippen molar-refractivity contribution in [1.82, 2.24) is 25.5 Å². The van der Waals surface area contributed by atoms with Crippen LogP contribution in [-0.2, 0) is 6.42 Å². The predicted molar refractivity (Wildman–Crippen MR) is 113 cm³/mol. The number of hydrogen-bond acceptors (Lipinski definition) is 3. The van der Waals surface area contributed by atoms with E-state index in [9.17, 15) is 0 Å². The monoisotopic (exact) mass is 370 g/mol. The molecule has 6 nitrogen and oxygen atoms in total. The molecule has 0 bridgehead atoms. The topological polar surface area (TPSA) is 68.3 Å². The molecule has 1 aliphatic rings. The van der Waals surface area contributed by atoms with Gasteiger partial charge in [0.1, 0.15) is 5.82 Å². The molecule has 1 fully saturated rings. The van der Waals surface area contributed by atoms with Crippen molar-refractivity contribution in [3.63, 3.8) is 0 Å². The van der Waals surface area contributed by atoms with Gasteiger partial charge in [0.15, 0.2) is 5.96 Å². The molecule has 0 amide bonds. The summed E-state index contributed by atoms with van der Waals surface area (Å²) in [6.07, 6.45) is 7.20. The number of aliphatic imine (C=N–C) groups is 1. The lowest BCUT2D eigenvalue weighted by Gasteiger charge is -2.33. The number of hydrogen-bond donors (Lipinski definition) is 3. The average molecular weight is 371 g/mol. The van der Waals surface area contributed by atoms with E-state index < -0.39 is 0 Å². The Balaban J connectivity index is 1.29. The van der Waals surface area contributed by atoms with E-state index in [-0.39, 0.29) is 0 Å². The van der Waals surface area contributed by atoms with E-state index in [1.165, 1.54) is 32.4 Å². The second-order valence-electron chi connectivity index (χ2n) is 7.46. The summed E-state index contributed by atoms with van der Waals surface area (Å²) in [5.74, 6) is 1.95. The standard InChI is InChI=1S/C21H34N6/c1-17-9-5-6-15-27(17)16-8-14-24-21(22-2)23-13-7-12-20-25-18-10-3-4-11-19(18)26-20/h3-4,10-11,17H,5-9,12-16H2,1-2H3,(H,25,26)(H2,22,23,24). The van der Waals surface area contributed by atoms with Crippen molar-refractivity contribution < 1.29 is 0 Å². The van der Waals surface area contributed by atoms with Gasteiger partial charge in [0.05, 0.1) is 11.0 Å². The second-order valence-corrected chi connectivity index (χ2v) is 7.46. The smallest absolute Gasteiger partial charge is 0.190 e. The summed E-state index contributed by atoms with van der Waals surface area (Å²) in [5.41, 5.74) is 2.15. The summed E-state index contributed by atoms with van der Waals surface area (Å²) < 4.78 is 0. The lowest BCUT2D eigenvalue weighted by molar-refractivity contribution is 0.159. The first-order chi connectivity index (χ1) is 13.3. The highest BCUT2D eigenvalue weighted by Crippen LogP contribution is 2.16. The Morgan fingerprint density at radius 1 is 1.22 bits per heavy atom. The molecule has 1 aromatic carbocycles. The molecule has 1 aliphatic heterocycles. The van der Waals surface area contributed by atoms with Crippen LogP contribution in [0.4, 0.5) is 0 Å². The SMILES string of the molecule is CN=C(NCCCc1nc2ccccc2[nH]1)NCCCN1CCCCC1C. The number of H-pyrrole nitrogens is 1. The van der Waals surface area contributed by atoms with Gasteiger partial charge >= 0.3 is 0 Å². The predicted octanol–water partition coefficient (Wildman–Crippen LogP) is 2.93. The number of rotatable bonds is 8. The molecule has 0 radical (unpaired) electrons. The number of benzene rings is 1. The number of aromatic nitrogens is 2. The molecule has 2 aromatic rings. The number of likely N-dealkylation sites (tertiary alicyclic amines) is 1. The Labute approximate surface area is 162 Å². The first kappa shape index (κ1) is 19.7. The number of guanidine groups is 1. The fourth-order valence-electron chi connectivity index (χ4n) is 3.79. The van der Waals surface area contributed by atoms with Crippen LogP contribution in [0.15, 0.2) is 29.3 Å². The molecule has 1 saturated heterocycles. The molecular weight excluding hydrogens is 336 g/mol. The summed E-state index contributed by atoms with van der Waals surface area (Å²) in [5, 5.41) is 6.84. The summed E-state index contributed by atoms with van der Waals surface area (Å²) in [4.78, 5) is 15.0. The first-order valence-corrected chi connectivity index (χ1v) is 10.4. The van der Waals surface area contributed by atoms with Crippen LogP contribution < -0.4 is 10.6 Å². The van der Waals surface area contributed by atoms with Gasteiger partial charge in [0.25, 0.3) is 0 Å². The maximum Gasteiger partial charge on any atom is 0.190 e. The van der Waals surface area contributed by atoms with Crippen LogP contribution in [-0.4, -0.2) is 60.1 Å². The van der Waals surface area contributed by atoms with Gasteiger partial charge in [-0.05, 0) is 51.3 Å². The summed E-state index contributed by atoms with van der Waals surface area (Å²) in [7, 11) is 1.83. The molecule has 0 aliphatic carbocycles. The van der Waals surface area contributed by atoms with Crippen molar-refractivity contribution in [3.05, 3.63) is 30.1 Å². The maximum absolute atomic E-state index is 4.63. The molecule has 2 heterocycles. The second kappa shape index (κ2) is 10.3. The van der Waals surface area contributed by atoms with E-state index in [1.807, 2.05) is 25.2 Å². The van der Waals surface area contributed by atoms with Gasteiger partial charge in [-0.15, -0.1) is 0 Å². The van der Waals surface area contributed by atoms with Crippen LogP contribution in [0.3, 0.4) is 0 Å². The van der Waals surface area contributed by atoms with Gasteiger partial charge in [-0.25, -0.2) is 4.98 Å². The molecule has 0 spiro atoms. The number of imidazole rings is 1. The summed E-state index contributed by atoms with van der Waals surface area (Å²) in [6.45, 7) is 6.65. The van der Waals surface area contributed by atoms with E-state index in [0.717, 1.165) is 61.2 Å². The van der Waals surface area contributed by atoms with Gasteiger partial charge < -0.3 is 20.5 Å². The number of aromatic amines is 1. The van der Waals surface area contributed by atoms with E-state index >= 15 is 0 Å². The summed E-state index contributed by atoms with van der Waals surface area (Å²) >= 11 is 0. The fourth-order valence-corrected chi connectivity index (χ4v) is 3.79. The van der Waals surface area contributed by atoms with Gasteiger partial charge in [0.2, 0.25) is 0 Å². The largest absolute Gasteiger partial charge is 0.356 e. The molecule has 148 valence electrons. The van der Waals surface area contributed by atoms with Gasteiger partial charge in [0, 0.05) is 39.1 Å². The van der Waals surface area contributed by atoms with E-state index in [4.69, 9.17) is 0 Å². The minimum Gasteiger partial charge on any atom is -0.356 e. The third-order valence-electron chi connectivity index (χ3n) is 5.40. The number of nitrogens with zero attached hydrogens (tertiary/aromatic N) is 3. The Bertz CT molecular complexity index is 689. The highest BCUT2D eigenvalue weighted by atomic mass is 15.2. The molecule has 6 heteroatoms. The Hall–Kier alpha value is -2.08. The normalized spacial score (nSPS) is 18.7. The number of nitrogens with one attached hydrogen (secondary N) is 3. The van der Waals surface area contributed by atoms with Crippen LogP contribution in [0.2, 0.25) is 0 Å². The lowest BCUT2D eigenvalue weighted by atomic mass is 10.0. The third-order valence-corrected chi connectivity index (χ3v) is 5.40. The number of aryl methyl sites for hydroxylation is 1. The van der Waals surface area contributed by atoms with Gasteiger partial charge in [-0.1, -0.05) is 18.6 Å². The van der Waals surface area contributed by atoms with E-state index in [2.05, 4.69) is 43.5 Å². The number of piperidine rings is 1. The minimum absolute atomic E-state index is 0.745. The Kier molecular flexibility index (Phi) is 7.51. The van der Waals surface area contributed by atoms with Crippen LogP contribution in [0.25, 0.3) is 11.0 Å². The van der Waals surface area contributed by atoms with Crippen molar-refractivity contribution in [3.8, 4) is 0 Å². The molecule has 3 rings (SSSR count). The maximum atomic E-state index is 4.63. The van der Waals surface area contributed by atoms with E-state index in [0.29, 0.717) is 0 Å². The third kappa shape index (κ3) is 5.96. The van der Waals surface area contributed by atoms with Crippen molar-refractivity contribution in [1.29, 1.82) is 0 Å². The minimum atomic E-state index is 0.745. The van der Waals surface area contributed by atoms with Crippen LogP contribution in [0.5, 0.6) is 0 Å². The van der Waals surface area contributed by atoms with Crippen LogP contribution in [0.1, 0.15) is 44.9 Å². The fraction of sp³-hybridized carbons (Fsp3) is 0.619. The van der Waals surface area contributed by atoms with Crippen LogP contribution in [0, 0.1) is 0 Å². The Morgan fingerprint density at radius 3 is 2.81 bits per heavy atom. The van der Waals surface area contributed by atoms with Crippen molar-refractivity contribution in [2.45, 2.75) is 51.5 Å². The molecule has 1 aromatic heterocycles. The summed E-state index contributed by atoms with van der Waals surface area (Å²) in [6, 6.07) is 8.92. The molecule has 1 unspecified atom stereocenters. The van der Waals surface area contributed by atoms with Crippen LogP contribution >= 0.6 is 0 Å². The molecule has 1 atom stereocenters. The molecule has 3 N–H and O–H groups in total. The quantitative estimate of drug-likeness (QED) is 0.380. The number of fused-ring (bicyclic) bond motifs is 1. The zero-order chi connectivity index (χ0) is 18.9. The molecule has 0 saturated carbocycles. The first-order valence-electron chi connectivity index (χ1n) is 10.4. The molecule has 27 heavy (non-hydrogen) atoms. The van der Waals surface area contributed by atoms with Gasteiger partial charge in [-0.2, -0.15) is 0 Å². The lowest BCUT2D eigenvalue weighted by Crippen LogP contribution is -2.41. The zero-order valence-corrected chi connectivity index (χ0v) is 16.8. The number of para-hydroxylation sites is 2. The zero-order valence-electron chi connectivity index (χ0n) is 16.8. The highest BCUT2D eigenvalue weighted by molar-refractivity contribution is 5.79. The average Bonchev–Trinajstić information content (AvgIpc) is 3.11. The van der Waals surface area contributed by atoms with E-state index in [1.54, 1.807) is 0 Å². The Morgan fingerprint density at radius 2 is 2.04 bits per heavy atom. The molecular formula is C21H34N6. The highest BCUT2D eigenvalue weighted by Gasteiger charge is 2.17. The van der Waals surface area contributed by atoms with Crippen molar-refractivity contribution in [2.24, 2.45) is 4.99 Å². The van der Waals surface area contributed by atoms with Crippen molar-refractivity contribution in [2.75, 3.05) is 33.2 Å². The van der Waals surface area contributed by atoms with Crippen molar-refractivity contribution >= 4 is 17.0 Å².